The molecule has 1 aromatic heterocycles. The number of aromatic nitrogens is 2. The molecule has 2 N–H and O–H groups in total. The SMILES string of the molecule is O=[N+]([O-])c1ccc2nc(NCC3CCNCC3)cnc2c1. The molecular formula is C14H17N5O2. The number of hydrogen-bond acceptors (Lipinski definition) is 6. The fourth-order valence-electron chi connectivity index (χ4n) is 2.53. The number of benzene rings is 1. The molecule has 0 spiro atoms. The van der Waals surface area contributed by atoms with Crippen molar-refractivity contribution in [3.05, 3.63) is 34.5 Å². The first kappa shape index (κ1) is 13.7. The van der Waals surface area contributed by atoms with E-state index in [1.165, 1.54) is 25.0 Å². The van der Waals surface area contributed by atoms with E-state index in [2.05, 4.69) is 20.6 Å². The highest BCUT2D eigenvalue weighted by atomic mass is 16.6. The van der Waals surface area contributed by atoms with Gasteiger partial charge in [0.2, 0.25) is 0 Å². The van der Waals surface area contributed by atoms with Crippen LogP contribution >= 0.6 is 0 Å². The smallest absolute Gasteiger partial charge is 0.271 e. The van der Waals surface area contributed by atoms with Gasteiger partial charge in [0.15, 0.2) is 0 Å². The van der Waals surface area contributed by atoms with Gasteiger partial charge < -0.3 is 10.6 Å². The number of rotatable bonds is 4. The Bertz CT molecular complexity index is 655. The molecule has 2 aromatic rings. The van der Waals surface area contributed by atoms with Gasteiger partial charge >= 0.3 is 0 Å². The van der Waals surface area contributed by atoms with E-state index < -0.39 is 4.92 Å². The van der Waals surface area contributed by atoms with Gasteiger partial charge in [-0.1, -0.05) is 0 Å². The molecule has 2 heterocycles. The Morgan fingerprint density at radius 1 is 1.33 bits per heavy atom. The van der Waals surface area contributed by atoms with Crippen LogP contribution in [0.5, 0.6) is 0 Å². The van der Waals surface area contributed by atoms with E-state index >= 15 is 0 Å². The second-order valence-electron chi connectivity index (χ2n) is 5.26. The lowest BCUT2D eigenvalue weighted by molar-refractivity contribution is -0.384. The zero-order valence-corrected chi connectivity index (χ0v) is 11.6. The summed E-state index contributed by atoms with van der Waals surface area (Å²) in [6.45, 7) is 3.02. The van der Waals surface area contributed by atoms with Crippen molar-refractivity contribution in [3.63, 3.8) is 0 Å². The zero-order valence-electron chi connectivity index (χ0n) is 11.6. The molecule has 3 rings (SSSR count). The van der Waals surface area contributed by atoms with Crippen LogP contribution in [-0.4, -0.2) is 34.5 Å². The van der Waals surface area contributed by atoms with Crippen LogP contribution < -0.4 is 10.6 Å². The van der Waals surface area contributed by atoms with Crippen molar-refractivity contribution in [1.29, 1.82) is 0 Å². The first-order valence-corrected chi connectivity index (χ1v) is 7.08. The van der Waals surface area contributed by atoms with E-state index in [1.54, 1.807) is 12.3 Å². The summed E-state index contributed by atoms with van der Waals surface area (Å²) in [5.74, 6) is 1.37. The van der Waals surface area contributed by atoms with Crippen LogP contribution in [0.2, 0.25) is 0 Å². The van der Waals surface area contributed by atoms with E-state index in [4.69, 9.17) is 0 Å². The molecule has 0 amide bonds. The molecule has 0 aliphatic carbocycles. The Balaban J connectivity index is 1.71. The quantitative estimate of drug-likeness (QED) is 0.659. The standard InChI is InChI=1S/C14H17N5O2/c20-19(21)11-1-2-12-13(7-11)16-9-14(18-12)17-8-10-3-5-15-6-4-10/h1-2,7,9-10,15H,3-6,8H2,(H,17,18). The number of nitro benzene ring substituents is 1. The number of fused-ring (bicyclic) bond motifs is 1. The van der Waals surface area contributed by atoms with Gasteiger partial charge in [0, 0.05) is 18.7 Å². The highest BCUT2D eigenvalue weighted by molar-refractivity contribution is 5.78. The third-order valence-electron chi connectivity index (χ3n) is 3.77. The maximum atomic E-state index is 10.7. The molecule has 7 nitrogen and oxygen atoms in total. The van der Waals surface area contributed by atoms with Gasteiger partial charge in [0.1, 0.15) is 5.82 Å². The molecule has 1 saturated heterocycles. The van der Waals surface area contributed by atoms with Crippen LogP contribution in [0.3, 0.4) is 0 Å². The van der Waals surface area contributed by atoms with Crippen LogP contribution in [0, 0.1) is 16.0 Å². The van der Waals surface area contributed by atoms with Crippen molar-refractivity contribution in [2.24, 2.45) is 5.92 Å². The number of nitrogens with one attached hydrogen (secondary N) is 2. The highest BCUT2D eigenvalue weighted by Gasteiger charge is 2.13. The van der Waals surface area contributed by atoms with Gasteiger partial charge in [-0.2, -0.15) is 0 Å². The third-order valence-corrected chi connectivity index (χ3v) is 3.77. The Morgan fingerprint density at radius 3 is 2.90 bits per heavy atom. The van der Waals surface area contributed by atoms with Gasteiger partial charge in [-0.15, -0.1) is 0 Å². The van der Waals surface area contributed by atoms with Crippen molar-refractivity contribution in [2.45, 2.75) is 12.8 Å². The summed E-state index contributed by atoms with van der Waals surface area (Å²) in [6, 6.07) is 4.53. The molecule has 0 radical (unpaired) electrons. The molecule has 1 aromatic carbocycles. The fourth-order valence-corrected chi connectivity index (χ4v) is 2.53. The van der Waals surface area contributed by atoms with E-state index in [0.717, 1.165) is 25.5 Å². The second-order valence-corrected chi connectivity index (χ2v) is 5.26. The van der Waals surface area contributed by atoms with E-state index in [0.29, 0.717) is 17.0 Å². The van der Waals surface area contributed by atoms with Crippen LogP contribution in [0.15, 0.2) is 24.4 Å². The average molecular weight is 287 g/mol. The van der Waals surface area contributed by atoms with Gasteiger partial charge in [-0.25, -0.2) is 4.98 Å². The predicted molar refractivity (Wildman–Crippen MR) is 80.3 cm³/mol. The monoisotopic (exact) mass is 287 g/mol. The molecule has 110 valence electrons. The Morgan fingerprint density at radius 2 is 2.14 bits per heavy atom. The molecule has 1 aliphatic heterocycles. The Labute approximate surface area is 121 Å². The maximum absolute atomic E-state index is 10.7. The molecule has 0 atom stereocenters. The lowest BCUT2D eigenvalue weighted by atomic mass is 9.98. The summed E-state index contributed by atoms with van der Waals surface area (Å²) < 4.78 is 0. The number of non-ortho nitro benzene ring substituents is 1. The minimum Gasteiger partial charge on any atom is -0.368 e. The van der Waals surface area contributed by atoms with Gasteiger partial charge in [-0.05, 0) is 37.9 Å². The first-order valence-electron chi connectivity index (χ1n) is 7.08. The molecule has 1 aliphatic rings. The highest BCUT2D eigenvalue weighted by Crippen LogP contribution is 2.19. The molecule has 0 saturated carbocycles. The van der Waals surface area contributed by atoms with Crippen LogP contribution in [0.4, 0.5) is 11.5 Å². The van der Waals surface area contributed by atoms with E-state index in [1.807, 2.05) is 0 Å². The molecular weight excluding hydrogens is 270 g/mol. The summed E-state index contributed by atoms with van der Waals surface area (Å²) in [5, 5.41) is 17.4. The topological polar surface area (TPSA) is 93.0 Å². The van der Waals surface area contributed by atoms with Gasteiger partial charge in [0.05, 0.1) is 22.2 Å². The second kappa shape index (κ2) is 6.01. The number of nitrogens with zero attached hydrogens (tertiary/aromatic N) is 3. The summed E-state index contributed by atoms with van der Waals surface area (Å²) in [6.07, 6.45) is 3.97. The van der Waals surface area contributed by atoms with Crippen molar-refractivity contribution >= 4 is 22.5 Å². The van der Waals surface area contributed by atoms with E-state index in [9.17, 15) is 10.1 Å². The largest absolute Gasteiger partial charge is 0.368 e. The summed E-state index contributed by atoms with van der Waals surface area (Å²) in [5.41, 5.74) is 1.24. The van der Waals surface area contributed by atoms with Crippen molar-refractivity contribution in [3.8, 4) is 0 Å². The fraction of sp³-hybridized carbons (Fsp3) is 0.429. The van der Waals surface area contributed by atoms with Crippen molar-refractivity contribution < 1.29 is 4.92 Å². The van der Waals surface area contributed by atoms with Crippen molar-refractivity contribution in [2.75, 3.05) is 25.0 Å². The molecule has 0 unspecified atom stereocenters. The molecule has 0 bridgehead atoms. The first-order chi connectivity index (χ1) is 10.2. The number of nitro groups is 1. The lowest BCUT2D eigenvalue weighted by Crippen LogP contribution is -2.31. The minimum absolute atomic E-state index is 0.0345. The number of piperidine rings is 1. The Hall–Kier alpha value is -2.28. The van der Waals surface area contributed by atoms with Gasteiger partial charge in [0.25, 0.3) is 5.69 Å². The van der Waals surface area contributed by atoms with Crippen LogP contribution in [0.25, 0.3) is 11.0 Å². The average Bonchev–Trinajstić information content (AvgIpc) is 2.53. The number of anilines is 1. The Kier molecular flexibility index (Phi) is 3.92. The van der Waals surface area contributed by atoms with E-state index in [-0.39, 0.29) is 5.69 Å². The molecule has 7 heteroatoms. The van der Waals surface area contributed by atoms with Crippen molar-refractivity contribution in [1.82, 2.24) is 15.3 Å². The predicted octanol–water partition coefficient (Wildman–Crippen LogP) is 1.95. The minimum atomic E-state index is -0.426. The molecule has 1 fully saturated rings. The summed E-state index contributed by atoms with van der Waals surface area (Å²) >= 11 is 0. The molecule has 21 heavy (non-hydrogen) atoms. The normalized spacial score (nSPS) is 16.0. The van der Waals surface area contributed by atoms with Crippen LogP contribution in [-0.2, 0) is 0 Å². The third kappa shape index (κ3) is 3.25. The maximum Gasteiger partial charge on any atom is 0.271 e. The number of hydrogen-bond donors (Lipinski definition) is 2. The zero-order chi connectivity index (χ0) is 14.7. The lowest BCUT2D eigenvalue weighted by Gasteiger charge is -2.22. The van der Waals surface area contributed by atoms with Gasteiger partial charge in [-0.3, -0.25) is 15.1 Å². The van der Waals surface area contributed by atoms with Crippen LogP contribution in [0.1, 0.15) is 12.8 Å². The summed E-state index contributed by atoms with van der Waals surface area (Å²) in [7, 11) is 0. The summed E-state index contributed by atoms with van der Waals surface area (Å²) in [4.78, 5) is 19.0.